The van der Waals surface area contributed by atoms with Gasteiger partial charge in [0.25, 0.3) is 0 Å². The van der Waals surface area contributed by atoms with Gasteiger partial charge in [-0.1, -0.05) is 18.9 Å². The van der Waals surface area contributed by atoms with Crippen molar-refractivity contribution < 1.29 is 0 Å². The molecule has 0 fully saturated rings. The Morgan fingerprint density at radius 3 is 2.83 bits per heavy atom. The van der Waals surface area contributed by atoms with E-state index in [9.17, 15) is 0 Å². The van der Waals surface area contributed by atoms with Gasteiger partial charge in [-0.25, -0.2) is 4.68 Å². The molecule has 0 radical (unpaired) electrons. The van der Waals surface area contributed by atoms with Crippen LogP contribution in [0.25, 0.3) is 0 Å². The zero-order valence-electron chi connectivity index (χ0n) is 7.78. The Morgan fingerprint density at radius 2 is 2.25 bits per heavy atom. The van der Waals surface area contributed by atoms with Crippen LogP contribution in [-0.2, 0) is 6.54 Å². The second kappa shape index (κ2) is 4.04. The predicted octanol–water partition coefficient (Wildman–Crippen LogP) is 0.761. The smallest absolute Gasteiger partial charge is 0.242 e. The van der Waals surface area contributed by atoms with Crippen LogP contribution in [-0.4, -0.2) is 26.8 Å². The first kappa shape index (κ1) is 8.96. The Hall–Kier alpha value is -1.13. The summed E-state index contributed by atoms with van der Waals surface area (Å²) in [6.45, 7) is 8.00. The van der Waals surface area contributed by atoms with Crippen LogP contribution in [0.15, 0.2) is 0 Å². The molecule has 5 heteroatoms. The number of nitrogens with zero attached hydrogens (tertiary/aromatic N) is 4. The Morgan fingerprint density at radius 1 is 1.50 bits per heavy atom. The minimum absolute atomic E-state index is 0.561. The standard InChI is InChI=1S/C7H15N5/c1-4-8-7-9-10-11-12(7)5-6(2)3/h6H,4-5H2,1-3H3,(H,8,9,11). The van der Waals surface area contributed by atoms with Crippen molar-refractivity contribution in [1.29, 1.82) is 0 Å². The van der Waals surface area contributed by atoms with Crippen molar-refractivity contribution in [2.45, 2.75) is 27.3 Å². The number of rotatable bonds is 4. The maximum absolute atomic E-state index is 3.87. The van der Waals surface area contributed by atoms with Crippen molar-refractivity contribution >= 4 is 5.95 Å². The molecule has 0 saturated carbocycles. The molecule has 1 N–H and O–H groups in total. The van der Waals surface area contributed by atoms with Gasteiger partial charge in [-0.15, -0.1) is 0 Å². The molecule has 1 aromatic heterocycles. The van der Waals surface area contributed by atoms with Gasteiger partial charge >= 0.3 is 0 Å². The molecule has 0 aliphatic rings. The second-order valence-electron chi connectivity index (χ2n) is 3.11. The molecule has 0 spiro atoms. The third-order valence-electron chi connectivity index (χ3n) is 1.40. The monoisotopic (exact) mass is 169 g/mol. The third kappa shape index (κ3) is 2.18. The molecule has 0 bridgehead atoms. The average molecular weight is 169 g/mol. The normalized spacial score (nSPS) is 10.7. The minimum atomic E-state index is 0.561. The van der Waals surface area contributed by atoms with E-state index in [4.69, 9.17) is 0 Å². The van der Waals surface area contributed by atoms with Crippen molar-refractivity contribution in [2.24, 2.45) is 5.92 Å². The van der Waals surface area contributed by atoms with E-state index in [1.165, 1.54) is 0 Å². The van der Waals surface area contributed by atoms with Gasteiger partial charge < -0.3 is 5.32 Å². The Labute approximate surface area is 72.2 Å². The maximum Gasteiger partial charge on any atom is 0.242 e. The summed E-state index contributed by atoms with van der Waals surface area (Å²) in [7, 11) is 0. The zero-order valence-corrected chi connectivity index (χ0v) is 7.78. The molecule has 0 saturated heterocycles. The zero-order chi connectivity index (χ0) is 8.97. The Balaban J connectivity index is 2.63. The first-order chi connectivity index (χ1) is 5.74. The van der Waals surface area contributed by atoms with E-state index in [-0.39, 0.29) is 0 Å². The quantitative estimate of drug-likeness (QED) is 0.723. The fraction of sp³-hybridized carbons (Fsp3) is 0.857. The topological polar surface area (TPSA) is 55.6 Å². The second-order valence-corrected chi connectivity index (χ2v) is 3.11. The largest absolute Gasteiger partial charge is 0.353 e. The van der Waals surface area contributed by atoms with E-state index < -0.39 is 0 Å². The Bertz CT molecular complexity index is 229. The van der Waals surface area contributed by atoms with Crippen molar-refractivity contribution in [3.63, 3.8) is 0 Å². The number of tetrazole rings is 1. The van der Waals surface area contributed by atoms with E-state index in [1.54, 1.807) is 4.68 Å². The molecule has 1 rings (SSSR count). The highest BCUT2D eigenvalue weighted by atomic mass is 15.6. The van der Waals surface area contributed by atoms with Crippen LogP contribution in [0.3, 0.4) is 0 Å². The van der Waals surface area contributed by atoms with E-state index in [0.29, 0.717) is 5.92 Å². The average Bonchev–Trinajstić information content (AvgIpc) is 2.37. The highest BCUT2D eigenvalue weighted by Crippen LogP contribution is 2.03. The van der Waals surface area contributed by atoms with Crippen molar-refractivity contribution in [3.8, 4) is 0 Å². The molecule has 0 aromatic carbocycles. The molecule has 1 heterocycles. The SMILES string of the molecule is CCNc1nnnn1CC(C)C. The van der Waals surface area contributed by atoms with Crippen LogP contribution in [0.2, 0.25) is 0 Å². The molecule has 0 aliphatic carbocycles. The molecule has 5 nitrogen and oxygen atoms in total. The van der Waals surface area contributed by atoms with E-state index in [0.717, 1.165) is 19.0 Å². The lowest BCUT2D eigenvalue weighted by Crippen LogP contribution is -2.11. The molecule has 12 heavy (non-hydrogen) atoms. The number of hydrogen-bond donors (Lipinski definition) is 1. The first-order valence-corrected chi connectivity index (χ1v) is 4.24. The van der Waals surface area contributed by atoms with Crippen molar-refractivity contribution in [2.75, 3.05) is 11.9 Å². The minimum Gasteiger partial charge on any atom is -0.353 e. The maximum atomic E-state index is 3.87. The molecular weight excluding hydrogens is 154 g/mol. The Kier molecular flexibility index (Phi) is 3.01. The summed E-state index contributed by atoms with van der Waals surface area (Å²) >= 11 is 0. The van der Waals surface area contributed by atoms with Gasteiger partial charge in [0.05, 0.1) is 0 Å². The fourth-order valence-electron chi connectivity index (χ4n) is 0.958. The van der Waals surface area contributed by atoms with Gasteiger partial charge in [0.1, 0.15) is 0 Å². The molecule has 0 aliphatic heterocycles. The number of anilines is 1. The van der Waals surface area contributed by atoms with Crippen LogP contribution in [0.5, 0.6) is 0 Å². The van der Waals surface area contributed by atoms with Gasteiger partial charge in [-0.2, -0.15) is 0 Å². The van der Waals surface area contributed by atoms with E-state index >= 15 is 0 Å². The van der Waals surface area contributed by atoms with E-state index in [1.807, 2.05) is 6.92 Å². The van der Waals surface area contributed by atoms with Crippen LogP contribution in [0.1, 0.15) is 20.8 Å². The summed E-state index contributed by atoms with van der Waals surface area (Å²) in [5.41, 5.74) is 0. The third-order valence-corrected chi connectivity index (χ3v) is 1.40. The molecule has 1 aromatic rings. The summed E-state index contributed by atoms with van der Waals surface area (Å²) in [5.74, 6) is 1.32. The lowest BCUT2D eigenvalue weighted by atomic mass is 10.2. The van der Waals surface area contributed by atoms with Gasteiger partial charge in [0.2, 0.25) is 5.95 Å². The predicted molar refractivity (Wildman–Crippen MR) is 46.8 cm³/mol. The van der Waals surface area contributed by atoms with Crippen molar-refractivity contribution in [1.82, 2.24) is 20.2 Å². The van der Waals surface area contributed by atoms with Crippen LogP contribution >= 0.6 is 0 Å². The van der Waals surface area contributed by atoms with Gasteiger partial charge in [-0.3, -0.25) is 0 Å². The lowest BCUT2D eigenvalue weighted by molar-refractivity contribution is 0.475. The molecule has 0 amide bonds. The summed E-state index contributed by atoms with van der Waals surface area (Å²) in [6.07, 6.45) is 0. The molecular formula is C7H15N5. The lowest BCUT2D eigenvalue weighted by Gasteiger charge is -2.06. The summed E-state index contributed by atoms with van der Waals surface area (Å²) in [5, 5.41) is 14.4. The molecule has 68 valence electrons. The van der Waals surface area contributed by atoms with Gasteiger partial charge in [0.15, 0.2) is 0 Å². The highest BCUT2D eigenvalue weighted by molar-refractivity contribution is 5.20. The number of aromatic nitrogens is 4. The van der Waals surface area contributed by atoms with Crippen LogP contribution in [0, 0.1) is 5.92 Å². The molecule has 0 unspecified atom stereocenters. The number of nitrogens with one attached hydrogen (secondary N) is 1. The summed E-state index contributed by atoms with van der Waals surface area (Å²) in [6, 6.07) is 0. The summed E-state index contributed by atoms with van der Waals surface area (Å²) < 4.78 is 1.79. The van der Waals surface area contributed by atoms with Gasteiger partial charge in [0, 0.05) is 13.1 Å². The van der Waals surface area contributed by atoms with Crippen molar-refractivity contribution in [3.05, 3.63) is 0 Å². The van der Waals surface area contributed by atoms with Gasteiger partial charge in [-0.05, 0) is 23.3 Å². The summed E-state index contributed by atoms with van der Waals surface area (Å²) in [4.78, 5) is 0. The highest BCUT2D eigenvalue weighted by Gasteiger charge is 2.04. The number of hydrogen-bond acceptors (Lipinski definition) is 4. The van der Waals surface area contributed by atoms with Crippen LogP contribution < -0.4 is 5.32 Å². The molecule has 0 atom stereocenters. The van der Waals surface area contributed by atoms with E-state index in [2.05, 4.69) is 34.7 Å². The van der Waals surface area contributed by atoms with Crippen LogP contribution in [0.4, 0.5) is 5.95 Å². The fourth-order valence-corrected chi connectivity index (χ4v) is 0.958. The first-order valence-electron chi connectivity index (χ1n) is 4.24.